The quantitative estimate of drug-likeness (QED) is 0.797. The van der Waals surface area contributed by atoms with Crippen molar-refractivity contribution in [3.05, 3.63) is 29.6 Å². The number of nitrogens with zero attached hydrogens (tertiary/aromatic N) is 3. The molecule has 1 fully saturated rings. The van der Waals surface area contributed by atoms with Crippen LogP contribution in [-0.2, 0) is 10.3 Å². The maximum Gasteiger partial charge on any atom is 0.139 e. The van der Waals surface area contributed by atoms with Gasteiger partial charge in [0.15, 0.2) is 0 Å². The number of rotatable bonds is 1. The molecule has 2 aromatic rings. The standard InChI is InChI=1S/C17H21N3O/c1-11-5-8-15(21-11)16-19-13-9-12(10-18)6-7-14(13)20(16)17(2,3)4/h6-7,9,11,15H,5,8H2,1-4H3. The Bertz CT molecular complexity index is 718. The lowest BCUT2D eigenvalue weighted by Crippen LogP contribution is -2.25. The number of nitriles is 1. The van der Waals surface area contributed by atoms with Gasteiger partial charge in [-0.2, -0.15) is 5.26 Å². The third-order valence-corrected chi connectivity index (χ3v) is 4.00. The summed E-state index contributed by atoms with van der Waals surface area (Å²) in [7, 11) is 0. The lowest BCUT2D eigenvalue weighted by atomic mass is 10.1. The molecule has 1 aromatic heterocycles. The van der Waals surface area contributed by atoms with E-state index in [9.17, 15) is 0 Å². The summed E-state index contributed by atoms with van der Waals surface area (Å²) in [6.07, 6.45) is 2.42. The maximum absolute atomic E-state index is 9.07. The van der Waals surface area contributed by atoms with Crippen LogP contribution in [0.4, 0.5) is 0 Å². The first-order chi connectivity index (χ1) is 9.90. The molecule has 1 saturated heterocycles. The third-order valence-electron chi connectivity index (χ3n) is 4.00. The van der Waals surface area contributed by atoms with Crippen molar-refractivity contribution in [1.82, 2.24) is 9.55 Å². The number of fused-ring (bicyclic) bond motifs is 1. The van der Waals surface area contributed by atoms with E-state index < -0.39 is 0 Å². The highest BCUT2D eigenvalue weighted by Gasteiger charge is 2.31. The van der Waals surface area contributed by atoms with Gasteiger partial charge in [0.2, 0.25) is 0 Å². The molecule has 0 spiro atoms. The van der Waals surface area contributed by atoms with Crippen LogP contribution in [0.1, 0.15) is 58.0 Å². The molecule has 4 nitrogen and oxygen atoms in total. The van der Waals surface area contributed by atoms with Crippen LogP contribution in [0.5, 0.6) is 0 Å². The Labute approximate surface area is 125 Å². The molecule has 4 heteroatoms. The van der Waals surface area contributed by atoms with E-state index in [-0.39, 0.29) is 17.7 Å². The highest BCUT2D eigenvalue weighted by molar-refractivity contribution is 5.78. The zero-order valence-corrected chi connectivity index (χ0v) is 13.1. The first-order valence-corrected chi connectivity index (χ1v) is 7.48. The van der Waals surface area contributed by atoms with Gasteiger partial charge in [0, 0.05) is 5.54 Å². The second kappa shape index (κ2) is 4.85. The summed E-state index contributed by atoms with van der Waals surface area (Å²) in [4.78, 5) is 4.79. The molecular weight excluding hydrogens is 262 g/mol. The van der Waals surface area contributed by atoms with Crippen LogP contribution in [0.3, 0.4) is 0 Å². The molecule has 110 valence electrons. The monoisotopic (exact) mass is 283 g/mol. The molecule has 0 N–H and O–H groups in total. The van der Waals surface area contributed by atoms with Crippen LogP contribution >= 0.6 is 0 Å². The lowest BCUT2D eigenvalue weighted by Gasteiger charge is -2.26. The van der Waals surface area contributed by atoms with Gasteiger partial charge in [0.25, 0.3) is 0 Å². The summed E-state index contributed by atoms with van der Waals surface area (Å²) in [6.45, 7) is 8.63. The fraction of sp³-hybridized carbons (Fsp3) is 0.529. The lowest BCUT2D eigenvalue weighted by molar-refractivity contribution is 0.0462. The van der Waals surface area contributed by atoms with Crippen molar-refractivity contribution < 1.29 is 4.74 Å². The fourth-order valence-corrected chi connectivity index (χ4v) is 3.08. The zero-order chi connectivity index (χ0) is 15.2. The normalized spacial score (nSPS) is 22.6. The van der Waals surface area contributed by atoms with Crippen LogP contribution in [0, 0.1) is 11.3 Å². The maximum atomic E-state index is 9.07. The third kappa shape index (κ3) is 2.43. The van der Waals surface area contributed by atoms with E-state index in [1.807, 2.05) is 18.2 Å². The van der Waals surface area contributed by atoms with Gasteiger partial charge in [-0.3, -0.25) is 0 Å². The van der Waals surface area contributed by atoms with Crippen molar-refractivity contribution >= 4 is 11.0 Å². The van der Waals surface area contributed by atoms with Gasteiger partial charge in [-0.1, -0.05) is 0 Å². The number of aromatic nitrogens is 2. The number of ether oxygens (including phenoxy) is 1. The summed E-state index contributed by atoms with van der Waals surface area (Å²) >= 11 is 0. The second-order valence-electron chi connectivity index (χ2n) is 6.80. The van der Waals surface area contributed by atoms with Crippen LogP contribution in [-0.4, -0.2) is 15.7 Å². The SMILES string of the molecule is CC1CCC(c2nc3cc(C#N)ccc3n2C(C)(C)C)O1. The van der Waals surface area contributed by atoms with E-state index >= 15 is 0 Å². The van der Waals surface area contributed by atoms with Crippen molar-refractivity contribution in [2.24, 2.45) is 0 Å². The zero-order valence-electron chi connectivity index (χ0n) is 13.1. The molecular formula is C17H21N3O. The predicted octanol–water partition coefficient (Wildman–Crippen LogP) is 3.90. The topological polar surface area (TPSA) is 50.8 Å². The van der Waals surface area contributed by atoms with Gasteiger partial charge in [-0.05, 0) is 58.7 Å². The van der Waals surface area contributed by atoms with Crippen molar-refractivity contribution in [3.63, 3.8) is 0 Å². The van der Waals surface area contributed by atoms with Crippen LogP contribution in [0.15, 0.2) is 18.2 Å². The molecule has 3 rings (SSSR count). The number of imidazole rings is 1. The summed E-state index contributed by atoms with van der Waals surface area (Å²) in [5, 5.41) is 9.07. The molecule has 1 aliphatic rings. The van der Waals surface area contributed by atoms with Crippen LogP contribution in [0.2, 0.25) is 0 Å². The highest BCUT2D eigenvalue weighted by Crippen LogP contribution is 2.36. The minimum Gasteiger partial charge on any atom is -0.367 e. The molecule has 0 amide bonds. The minimum absolute atomic E-state index is 0.0529. The van der Waals surface area contributed by atoms with Crippen molar-refractivity contribution in [2.75, 3.05) is 0 Å². The van der Waals surface area contributed by atoms with Crippen LogP contribution < -0.4 is 0 Å². The second-order valence-corrected chi connectivity index (χ2v) is 6.80. The Morgan fingerprint density at radius 3 is 2.67 bits per heavy atom. The van der Waals surface area contributed by atoms with E-state index in [2.05, 4.69) is 38.3 Å². The Morgan fingerprint density at radius 2 is 2.10 bits per heavy atom. The van der Waals surface area contributed by atoms with Crippen molar-refractivity contribution in [1.29, 1.82) is 5.26 Å². The average molecular weight is 283 g/mol. The van der Waals surface area contributed by atoms with Crippen molar-refractivity contribution in [2.45, 2.75) is 58.3 Å². The molecule has 0 saturated carbocycles. The van der Waals surface area contributed by atoms with Gasteiger partial charge in [-0.25, -0.2) is 4.98 Å². The number of hydrogen-bond acceptors (Lipinski definition) is 3. The van der Waals surface area contributed by atoms with Gasteiger partial charge in [0.1, 0.15) is 11.9 Å². The molecule has 2 atom stereocenters. The molecule has 0 radical (unpaired) electrons. The predicted molar refractivity (Wildman–Crippen MR) is 82.0 cm³/mol. The number of benzene rings is 1. The summed E-state index contributed by atoms with van der Waals surface area (Å²) < 4.78 is 8.28. The van der Waals surface area contributed by atoms with Gasteiger partial charge in [-0.15, -0.1) is 0 Å². The Kier molecular flexibility index (Phi) is 3.26. The molecule has 2 heterocycles. The Hall–Kier alpha value is -1.86. The number of hydrogen-bond donors (Lipinski definition) is 0. The van der Waals surface area contributed by atoms with Gasteiger partial charge in [0.05, 0.1) is 28.8 Å². The van der Waals surface area contributed by atoms with E-state index in [0.717, 1.165) is 29.7 Å². The Balaban J connectivity index is 2.20. The van der Waals surface area contributed by atoms with Gasteiger partial charge >= 0.3 is 0 Å². The van der Waals surface area contributed by atoms with E-state index in [1.54, 1.807) is 0 Å². The molecule has 2 unspecified atom stereocenters. The molecule has 1 aliphatic heterocycles. The van der Waals surface area contributed by atoms with Crippen molar-refractivity contribution in [3.8, 4) is 6.07 Å². The molecule has 0 bridgehead atoms. The highest BCUT2D eigenvalue weighted by atomic mass is 16.5. The van der Waals surface area contributed by atoms with E-state index in [0.29, 0.717) is 5.56 Å². The average Bonchev–Trinajstić information content (AvgIpc) is 3.00. The van der Waals surface area contributed by atoms with E-state index in [4.69, 9.17) is 15.0 Å². The van der Waals surface area contributed by atoms with E-state index in [1.165, 1.54) is 0 Å². The molecule has 0 aliphatic carbocycles. The van der Waals surface area contributed by atoms with Crippen LogP contribution in [0.25, 0.3) is 11.0 Å². The largest absolute Gasteiger partial charge is 0.367 e. The smallest absolute Gasteiger partial charge is 0.139 e. The molecule has 1 aromatic carbocycles. The Morgan fingerprint density at radius 1 is 1.33 bits per heavy atom. The van der Waals surface area contributed by atoms with Gasteiger partial charge < -0.3 is 9.30 Å². The minimum atomic E-state index is -0.0760. The molecule has 21 heavy (non-hydrogen) atoms. The summed E-state index contributed by atoms with van der Waals surface area (Å²) in [5.41, 5.74) is 2.52. The fourth-order valence-electron chi connectivity index (χ4n) is 3.08. The summed E-state index contributed by atoms with van der Waals surface area (Å²) in [6, 6.07) is 7.89. The summed E-state index contributed by atoms with van der Waals surface area (Å²) in [5.74, 6) is 0.983. The first kappa shape index (κ1) is 14.1. The first-order valence-electron chi connectivity index (χ1n) is 7.48.